The molecule has 18 heavy (non-hydrogen) atoms. The van der Waals surface area contributed by atoms with E-state index in [0.717, 1.165) is 11.1 Å². The van der Waals surface area contributed by atoms with Crippen molar-refractivity contribution in [3.63, 3.8) is 0 Å². The van der Waals surface area contributed by atoms with E-state index >= 15 is 0 Å². The maximum Gasteiger partial charge on any atom is 0.123 e. The van der Waals surface area contributed by atoms with Crippen molar-refractivity contribution in [3.8, 4) is 0 Å². The molecule has 3 heteroatoms. The minimum atomic E-state index is -0.647. The number of halogens is 2. The van der Waals surface area contributed by atoms with Crippen molar-refractivity contribution in [3.05, 3.63) is 70.8 Å². The number of hydrogen-bond acceptors (Lipinski definition) is 1. The van der Waals surface area contributed by atoms with E-state index in [1.807, 2.05) is 0 Å². The first-order valence-corrected chi connectivity index (χ1v) is 5.88. The zero-order valence-electron chi connectivity index (χ0n) is 9.61. The molecule has 0 heterocycles. The van der Waals surface area contributed by atoms with Gasteiger partial charge >= 0.3 is 0 Å². The van der Waals surface area contributed by atoms with Crippen molar-refractivity contribution < 1.29 is 13.9 Å². The van der Waals surface area contributed by atoms with Gasteiger partial charge < -0.3 is 5.11 Å². The molecule has 1 N–H and O–H groups in total. The summed E-state index contributed by atoms with van der Waals surface area (Å²) >= 11 is 0. The van der Waals surface area contributed by atoms with Crippen LogP contribution in [0.5, 0.6) is 0 Å². The number of benzene rings is 2. The summed E-state index contributed by atoms with van der Waals surface area (Å²) in [6.45, 7) is 0. The van der Waals surface area contributed by atoms with Gasteiger partial charge in [0.1, 0.15) is 11.6 Å². The Labute approximate surface area is 104 Å². The summed E-state index contributed by atoms with van der Waals surface area (Å²) < 4.78 is 26.1. The Kier molecular flexibility index (Phi) is 2.63. The summed E-state index contributed by atoms with van der Waals surface area (Å²) in [5.41, 5.74) is 2.51. The fourth-order valence-corrected chi connectivity index (χ4v) is 2.64. The highest BCUT2D eigenvalue weighted by atomic mass is 19.1. The maximum absolute atomic E-state index is 13.2. The molecule has 1 aliphatic carbocycles. The fourth-order valence-electron chi connectivity index (χ4n) is 2.64. The normalized spacial score (nSPS) is 21.9. The third-order valence-corrected chi connectivity index (χ3v) is 3.51. The van der Waals surface area contributed by atoms with Gasteiger partial charge in [0.25, 0.3) is 0 Å². The van der Waals surface area contributed by atoms with Crippen molar-refractivity contribution in [2.24, 2.45) is 0 Å². The zero-order valence-corrected chi connectivity index (χ0v) is 9.61. The largest absolute Gasteiger partial charge is 0.388 e. The summed E-state index contributed by atoms with van der Waals surface area (Å²) in [6.07, 6.45) is -0.129. The Morgan fingerprint density at radius 2 is 1.56 bits per heavy atom. The monoisotopic (exact) mass is 246 g/mol. The zero-order chi connectivity index (χ0) is 12.7. The molecule has 0 bridgehead atoms. The average molecular weight is 246 g/mol. The van der Waals surface area contributed by atoms with Crippen LogP contribution >= 0.6 is 0 Å². The Bertz CT molecular complexity index is 578. The first-order chi connectivity index (χ1) is 8.65. The Morgan fingerprint density at radius 1 is 0.889 bits per heavy atom. The fraction of sp³-hybridized carbons (Fsp3) is 0.200. The SMILES string of the molecule is OC1CC(c2ccc(F)cc2)c2ccc(F)cc21. The minimum Gasteiger partial charge on any atom is -0.388 e. The van der Waals surface area contributed by atoms with E-state index in [4.69, 9.17) is 0 Å². The summed E-state index contributed by atoms with van der Waals surface area (Å²) in [5.74, 6) is -0.611. The second-order valence-corrected chi connectivity index (χ2v) is 4.63. The van der Waals surface area contributed by atoms with E-state index in [9.17, 15) is 13.9 Å². The molecule has 92 valence electrons. The van der Waals surface area contributed by atoms with Crippen LogP contribution in [0, 0.1) is 11.6 Å². The van der Waals surface area contributed by atoms with E-state index in [1.165, 1.54) is 24.3 Å². The molecule has 2 atom stereocenters. The number of rotatable bonds is 1. The molecular weight excluding hydrogens is 234 g/mol. The molecule has 0 saturated heterocycles. The maximum atomic E-state index is 13.2. The molecule has 2 aromatic rings. The molecule has 1 nitrogen and oxygen atoms in total. The second kappa shape index (κ2) is 4.18. The lowest BCUT2D eigenvalue weighted by molar-refractivity contribution is 0.176. The Hall–Kier alpha value is -1.74. The average Bonchev–Trinajstić information content (AvgIpc) is 2.68. The first kappa shape index (κ1) is 11.4. The second-order valence-electron chi connectivity index (χ2n) is 4.63. The smallest absolute Gasteiger partial charge is 0.123 e. The van der Waals surface area contributed by atoms with E-state index in [0.29, 0.717) is 12.0 Å². The lowest BCUT2D eigenvalue weighted by Crippen LogP contribution is -1.96. The lowest BCUT2D eigenvalue weighted by atomic mass is 9.93. The molecule has 0 radical (unpaired) electrons. The predicted octanol–water partition coefficient (Wildman–Crippen LogP) is 3.53. The van der Waals surface area contributed by atoms with Gasteiger partial charge in [-0.15, -0.1) is 0 Å². The number of hydrogen-bond donors (Lipinski definition) is 1. The van der Waals surface area contributed by atoms with Gasteiger partial charge in [-0.1, -0.05) is 18.2 Å². The molecule has 0 saturated carbocycles. The third kappa shape index (κ3) is 1.81. The number of fused-ring (bicyclic) bond motifs is 1. The molecule has 1 aliphatic rings. The van der Waals surface area contributed by atoms with E-state index in [1.54, 1.807) is 18.2 Å². The summed E-state index contributed by atoms with van der Waals surface area (Å²) in [7, 11) is 0. The summed E-state index contributed by atoms with van der Waals surface area (Å²) in [4.78, 5) is 0. The minimum absolute atomic E-state index is 0.0104. The number of aliphatic hydroxyl groups is 1. The van der Waals surface area contributed by atoms with Crippen LogP contribution in [-0.2, 0) is 0 Å². The van der Waals surface area contributed by atoms with E-state index in [2.05, 4.69) is 0 Å². The van der Waals surface area contributed by atoms with Crippen molar-refractivity contribution in [1.82, 2.24) is 0 Å². The molecule has 0 aromatic heterocycles. The van der Waals surface area contributed by atoms with Crippen LogP contribution in [0.3, 0.4) is 0 Å². The van der Waals surface area contributed by atoms with Gasteiger partial charge in [0.05, 0.1) is 6.10 Å². The van der Waals surface area contributed by atoms with Gasteiger partial charge in [-0.3, -0.25) is 0 Å². The van der Waals surface area contributed by atoms with Crippen molar-refractivity contribution in [2.45, 2.75) is 18.4 Å². The molecule has 3 rings (SSSR count). The lowest BCUT2D eigenvalue weighted by Gasteiger charge is -2.11. The third-order valence-electron chi connectivity index (χ3n) is 3.51. The molecular formula is C15H12F2O. The summed E-state index contributed by atoms with van der Waals surface area (Å²) in [5, 5.41) is 9.95. The van der Waals surface area contributed by atoms with Crippen LogP contribution in [0.1, 0.15) is 35.1 Å². The van der Waals surface area contributed by atoms with Gasteiger partial charge in [-0.2, -0.15) is 0 Å². The van der Waals surface area contributed by atoms with Gasteiger partial charge in [0.2, 0.25) is 0 Å². The van der Waals surface area contributed by atoms with Crippen LogP contribution in [0.2, 0.25) is 0 Å². The van der Waals surface area contributed by atoms with E-state index < -0.39 is 6.10 Å². The highest BCUT2D eigenvalue weighted by molar-refractivity contribution is 5.43. The highest BCUT2D eigenvalue weighted by Crippen LogP contribution is 2.44. The quantitative estimate of drug-likeness (QED) is 0.816. The molecule has 2 unspecified atom stereocenters. The van der Waals surface area contributed by atoms with Crippen LogP contribution in [0.15, 0.2) is 42.5 Å². The van der Waals surface area contributed by atoms with Crippen molar-refractivity contribution in [1.29, 1.82) is 0 Å². The van der Waals surface area contributed by atoms with Crippen LogP contribution in [-0.4, -0.2) is 5.11 Å². The molecule has 2 aromatic carbocycles. The van der Waals surface area contributed by atoms with Gasteiger partial charge in [-0.25, -0.2) is 8.78 Å². The first-order valence-electron chi connectivity index (χ1n) is 5.88. The van der Waals surface area contributed by atoms with Crippen molar-refractivity contribution in [2.75, 3.05) is 0 Å². The van der Waals surface area contributed by atoms with Gasteiger partial charge in [-0.05, 0) is 47.4 Å². The van der Waals surface area contributed by atoms with Gasteiger partial charge in [0.15, 0.2) is 0 Å². The predicted molar refractivity (Wildman–Crippen MR) is 64.2 cm³/mol. The molecule has 0 fully saturated rings. The molecule has 0 amide bonds. The van der Waals surface area contributed by atoms with Crippen LogP contribution < -0.4 is 0 Å². The standard InChI is InChI=1S/C15H12F2O/c16-10-3-1-9(2-4-10)13-8-15(18)14-7-11(17)5-6-12(13)14/h1-7,13,15,18H,8H2. The van der Waals surface area contributed by atoms with Crippen molar-refractivity contribution >= 4 is 0 Å². The highest BCUT2D eigenvalue weighted by Gasteiger charge is 2.30. The van der Waals surface area contributed by atoms with Crippen LogP contribution in [0.25, 0.3) is 0 Å². The molecule has 0 spiro atoms. The molecule has 0 aliphatic heterocycles. The van der Waals surface area contributed by atoms with Crippen LogP contribution in [0.4, 0.5) is 8.78 Å². The topological polar surface area (TPSA) is 20.2 Å². The Balaban J connectivity index is 2.05. The Morgan fingerprint density at radius 3 is 2.28 bits per heavy atom. The number of aliphatic hydroxyl groups excluding tert-OH is 1. The van der Waals surface area contributed by atoms with E-state index in [-0.39, 0.29) is 17.6 Å². The van der Waals surface area contributed by atoms with Gasteiger partial charge in [0, 0.05) is 5.92 Å². The summed E-state index contributed by atoms with van der Waals surface area (Å²) in [6, 6.07) is 10.7.